The van der Waals surface area contributed by atoms with E-state index in [0.29, 0.717) is 17.1 Å². The third-order valence-corrected chi connectivity index (χ3v) is 3.57. The third-order valence-electron chi connectivity index (χ3n) is 3.19. The number of nitrogens with zero attached hydrogens (tertiary/aromatic N) is 1. The highest BCUT2D eigenvalue weighted by molar-refractivity contribution is 6.35. The second kappa shape index (κ2) is 4.72. The summed E-state index contributed by atoms with van der Waals surface area (Å²) in [7, 11) is 1.48. The normalized spacial score (nSPS) is 10.9. The molecule has 20 heavy (non-hydrogen) atoms. The molecule has 0 spiro atoms. The summed E-state index contributed by atoms with van der Waals surface area (Å²) in [5, 5.41) is 10.2. The van der Waals surface area contributed by atoms with E-state index in [1.165, 1.54) is 7.11 Å². The van der Waals surface area contributed by atoms with Gasteiger partial charge in [-0.05, 0) is 36.8 Å². The molecule has 3 aromatic rings. The third kappa shape index (κ3) is 1.98. The topological polar surface area (TPSA) is 58.1 Å². The lowest BCUT2D eigenvalue weighted by Crippen LogP contribution is -1.87. The van der Waals surface area contributed by atoms with E-state index in [2.05, 4.69) is 9.97 Å². The zero-order valence-electron chi connectivity index (χ0n) is 11.1. The molecule has 0 atom stereocenters. The summed E-state index contributed by atoms with van der Waals surface area (Å²) >= 11 is 6.18. The van der Waals surface area contributed by atoms with E-state index in [1.807, 2.05) is 25.1 Å². The first-order valence-corrected chi connectivity index (χ1v) is 6.50. The maximum atomic E-state index is 9.96. The number of ether oxygens (including phenoxy) is 1. The van der Waals surface area contributed by atoms with Crippen LogP contribution in [-0.4, -0.2) is 22.2 Å². The molecule has 0 saturated carbocycles. The van der Waals surface area contributed by atoms with Crippen LogP contribution in [0.4, 0.5) is 0 Å². The first-order valence-electron chi connectivity index (χ1n) is 6.12. The van der Waals surface area contributed by atoms with E-state index < -0.39 is 0 Å². The average molecular weight is 289 g/mol. The van der Waals surface area contributed by atoms with Crippen molar-refractivity contribution in [3.05, 3.63) is 40.9 Å². The summed E-state index contributed by atoms with van der Waals surface area (Å²) in [6.07, 6.45) is 0. The number of aromatic hydroxyl groups is 1. The minimum Gasteiger partial charge on any atom is -0.503 e. The summed E-state index contributed by atoms with van der Waals surface area (Å²) in [6.45, 7) is 2.02. The van der Waals surface area contributed by atoms with Crippen molar-refractivity contribution >= 4 is 22.6 Å². The number of benzene rings is 2. The zero-order valence-corrected chi connectivity index (χ0v) is 11.8. The molecule has 0 aliphatic heterocycles. The van der Waals surface area contributed by atoms with Crippen LogP contribution in [0.15, 0.2) is 30.3 Å². The van der Waals surface area contributed by atoms with Gasteiger partial charge < -0.3 is 14.8 Å². The lowest BCUT2D eigenvalue weighted by atomic mass is 10.2. The van der Waals surface area contributed by atoms with Crippen molar-refractivity contribution in [1.29, 1.82) is 0 Å². The van der Waals surface area contributed by atoms with Crippen molar-refractivity contribution in [2.45, 2.75) is 6.92 Å². The molecule has 0 unspecified atom stereocenters. The van der Waals surface area contributed by atoms with Crippen molar-refractivity contribution < 1.29 is 9.84 Å². The maximum Gasteiger partial charge on any atom is 0.177 e. The molecule has 0 bridgehead atoms. The molecule has 2 N–H and O–H groups in total. The number of fused-ring (bicyclic) bond motifs is 1. The van der Waals surface area contributed by atoms with Crippen LogP contribution in [0, 0.1) is 6.92 Å². The number of halogens is 1. The summed E-state index contributed by atoms with van der Waals surface area (Å²) in [6, 6.07) is 9.39. The fraction of sp³-hybridized carbons (Fsp3) is 0.133. The van der Waals surface area contributed by atoms with Gasteiger partial charge in [0.05, 0.1) is 23.2 Å². The van der Waals surface area contributed by atoms with Gasteiger partial charge in [-0.25, -0.2) is 4.98 Å². The number of methoxy groups -OCH3 is 1. The van der Waals surface area contributed by atoms with Gasteiger partial charge in [0.15, 0.2) is 11.5 Å². The average Bonchev–Trinajstić information content (AvgIpc) is 2.84. The predicted octanol–water partition coefficient (Wildman–Crippen LogP) is 3.91. The first-order chi connectivity index (χ1) is 9.60. The molecule has 4 nitrogen and oxygen atoms in total. The van der Waals surface area contributed by atoms with Crippen molar-refractivity contribution in [2.24, 2.45) is 0 Å². The van der Waals surface area contributed by atoms with Crippen LogP contribution in [0.3, 0.4) is 0 Å². The van der Waals surface area contributed by atoms with Gasteiger partial charge >= 0.3 is 0 Å². The second-order valence-electron chi connectivity index (χ2n) is 4.58. The number of aryl methyl sites for hydroxylation is 1. The molecule has 1 heterocycles. The molecule has 0 saturated heterocycles. The number of hydrogen-bond donors (Lipinski definition) is 2. The van der Waals surface area contributed by atoms with Crippen molar-refractivity contribution in [1.82, 2.24) is 9.97 Å². The largest absolute Gasteiger partial charge is 0.503 e. The van der Waals surface area contributed by atoms with Crippen molar-refractivity contribution in [3.8, 4) is 22.9 Å². The molecule has 5 heteroatoms. The minimum atomic E-state index is -0.0803. The van der Waals surface area contributed by atoms with Crippen molar-refractivity contribution in [2.75, 3.05) is 7.11 Å². The zero-order chi connectivity index (χ0) is 14.3. The Hall–Kier alpha value is -2.20. The number of H-pyrrole nitrogens is 1. The molecular formula is C15H13ClN2O2. The highest BCUT2D eigenvalue weighted by Crippen LogP contribution is 2.40. The van der Waals surface area contributed by atoms with Crippen LogP contribution in [0.5, 0.6) is 11.5 Å². The Bertz CT molecular complexity index is 796. The first kappa shape index (κ1) is 12.8. The molecule has 2 aromatic carbocycles. The van der Waals surface area contributed by atoms with Crippen LogP contribution in [-0.2, 0) is 0 Å². The highest BCUT2D eigenvalue weighted by atomic mass is 35.5. The molecule has 0 amide bonds. The summed E-state index contributed by atoms with van der Waals surface area (Å²) in [4.78, 5) is 7.70. The Labute approximate surface area is 121 Å². The number of aromatic amines is 1. The second-order valence-corrected chi connectivity index (χ2v) is 4.96. The number of phenols is 1. The molecule has 3 rings (SSSR count). The van der Waals surface area contributed by atoms with Gasteiger partial charge in [0.25, 0.3) is 0 Å². The fourth-order valence-electron chi connectivity index (χ4n) is 2.15. The van der Waals surface area contributed by atoms with Gasteiger partial charge in [-0.15, -0.1) is 0 Å². The number of nitrogens with one attached hydrogen (secondary N) is 1. The number of imidazole rings is 1. The Morgan fingerprint density at radius 2 is 2.05 bits per heavy atom. The smallest absolute Gasteiger partial charge is 0.177 e. The van der Waals surface area contributed by atoms with E-state index >= 15 is 0 Å². The van der Waals surface area contributed by atoms with Crippen molar-refractivity contribution in [3.63, 3.8) is 0 Å². The van der Waals surface area contributed by atoms with Crippen LogP contribution >= 0.6 is 11.6 Å². The lowest BCUT2D eigenvalue weighted by molar-refractivity contribution is 0.374. The molecule has 0 fully saturated rings. The summed E-state index contributed by atoms with van der Waals surface area (Å²) in [5.41, 5.74) is 3.58. The van der Waals surface area contributed by atoms with Crippen LogP contribution in [0.25, 0.3) is 22.4 Å². The Morgan fingerprint density at radius 1 is 1.25 bits per heavy atom. The lowest BCUT2D eigenvalue weighted by Gasteiger charge is -2.07. The molecule has 0 radical (unpaired) electrons. The summed E-state index contributed by atoms with van der Waals surface area (Å²) < 4.78 is 5.03. The Balaban J connectivity index is 2.18. The van der Waals surface area contributed by atoms with Gasteiger partial charge in [-0.1, -0.05) is 17.7 Å². The van der Waals surface area contributed by atoms with Crippen LogP contribution < -0.4 is 4.74 Å². The van der Waals surface area contributed by atoms with E-state index in [9.17, 15) is 5.11 Å². The maximum absolute atomic E-state index is 9.96. The standard InChI is InChI=1S/C15H13ClN2O2/c1-8-3-5-10-11(7-8)18-15(17-10)9-4-6-12(20-2)14(19)13(9)16/h3-7,19H,1-2H3,(H,17,18). The predicted molar refractivity (Wildman–Crippen MR) is 79.5 cm³/mol. The Kier molecular flexibility index (Phi) is 3.03. The van der Waals surface area contributed by atoms with Gasteiger partial charge in [0, 0.05) is 5.56 Å². The van der Waals surface area contributed by atoms with E-state index in [1.54, 1.807) is 12.1 Å². The van der Waals surface area contributed by atoms with Crippen LogP contribution in [0.1, 0.15) is 5.56 Å². The molecule has 0 aliphatic rings. The molecular weight excluding hydrogens is 276 g/mol. The molecule has 1 aromatic heterocycles. The van der Waals surface area contributed by atoms with Gasteiger partial charge in [-0.2, -0.15) is 0 Å². The minimum absolute atomic E-state index is 0.0803. The van der Waals surface area contributed by atoms with E-state index in [0.717, 1.165) is 16.6 Å². The monoisotopic (exact) mass is 288 g/mol. The van der Waals surface area contributed by atoms with Gasteiger partial charge in [0.2, 0.25) is 0 Å². The van der Waals surface area contributed by atoms with Gasteiger partial charge in [0.1, 0.15) is 5.82 Å². The highest BCUT2D eigenvalue weighted by Gasteiger charge is 2.15. The van der Waals surface area contributed by atoms with E-state index in [-0.39, 0.29) is 10.8 Å². The molecule has 102 valence electrons. The number of phenolic OH excluding ortho intramolecular Hbond substituents is 1. The Morgan fingerprint density at radius 3 is 2.80 bits per heavy atom. The van der Waals surface area contributed by atoms with E-state index in [4.69, 9.17) is 16.3 Å². The van der Waals surface area contributed by atoms with Crippen LogP contribution in [0.2, 0.25) is 5.02 Å². The number of hydrogen-bond acceptors (Lipinski definition) is 3. The fourth-order valence-corrected chi connectivity index (χ4v) is 2.39. The molecule has 0 aliphatic carbocycles. The quantitative estimate of drug-likeness (QED) is 0.752. The summed E-state index contributed by atoms with van der Waals surface area (Å²) in [5.74, 6) is 0.877. The number of aromatic nitrogens is 2. The van der Waals surface area contributed by atoms with Gasteiger partial charge in [-0.3, -0.25) is 0 Å². The number of rotatable bonds is 2. The SMILES string of the molecule is COc1ccc(-c2nc3ccc(C)cc3[nH]2)c(Cl)c1O.